The van der Waals surface area contributed by atoms with Crippen molar-refractivity contribution in [1.29, 1.82) is 0 Å². The van der Waals surface area contributed by atoms with Crippen LogP contribution in [0.25, 0.3) is 0 Å². The van der Waals surface area contributed by atoms with E-state index in [0.29, 0.717) is 5.01 Å². The second-order valence-electron chi connectivity index (χ2n) is 3.71. The molecule has 0 saturated heterocycles. The van der Waals surface area contributed by atoms with Gasteiger partial charge in [-0.1, -0.05) is 11.3 Å². The molecular weight excluding hydrogens is 306 g/mol. The summed E-state index contributed by atoms with van der Waals surface area (Å²) in [6.07, 6.45) is 0. The van der Waals surface area contributed by atoms with Crippen LogP contribution < -0.4 is 10.5 Å². The van der Waals surface area contributed by atoms with Gasteiger partial charge in [-0.3, -0.25) is 14.8 Å². The van der Waals surface area contributed by atoms with E-state index in [1.54, 1.807) is 6.92 Å². The number of non-ortho nitro benzene ring substituents is 1. The van der Waals surface area contributed by atoms with Gasteiger partial charge in [0.05, 0.1) is 10.6 Å². The highest BCUT2D eigenvalue weighted by molar-refractivity contribution is 7.93. The quantitative estimate of drug-likeness (QED) is 0.489. The molecule has 11 heteroatoms. The lowest BCUT2D eigenvalue weighted by Crippen LogP contribution is -2.14. The van der Waals surface area contributed by atoms with E-state index in [1.807, 2.05) is 0 Å². The number of benzene rings is 1. The number of nitrogen functional groups attached to an aromatic ring is 1. The third kappa shape index (κ3) is 2.83. The molecule has 2 rings (SSSR count). The molecule has 1 aromatic heterocycles. The first-order valence-corrected chi connectivity index (χ1v) is 7.46. The third-order valence-corrected chi connectivity index (χ3v) is 4.54. The van der Waals surface area contributed by atoms with Crippen LogP contribution in [-0.4, -0.2) is 23.5 Å². The molecule has 1 heterocycles. The number of nitrogens with one attached hydrogen (secondary N) is 1. The molecule has 0 aliphatic heterocycles. The Morgan fingerprint density at radius 3 is 2.60 bits per heavy atom. The van der Waals surface area contributed by atoms with Gasteiger partial charge >= 0.3 is 0 Å². The number of hydrogen-bond donors (Lipinski definition) is 2. The maximum Gasteiger partial charge on any atom is 0.271 e. The summed E-state index contributed by atoms with van der Waals surface area (Å²) in [6.45, 7) is 1.68. The fourth-order valence-electron chi connectivity index (χ4n) is 1.40. The van der Waals surface area contributed by atoms with Crippen molar-refractivity contribution < 1.29 is 13.3 Å². The van der Waals surface area contributed by atoms with Gasteiger partial charge < -0.3 is 5.73 Å². The molecule has 0 fully saturated rings. The highest BCUT2D eigenvalue weighted by Crippen LogP contribution is 2.26. The van der Waals surface area contributed by atoms with Crippen molar-refractivity contribution in [3.63, 3.8) is 0 Å². The Balaban J connectivity index is 2.37. The summed E-state index contributed by atoms with van der Waals surface area (Å²) in [5.74, 6) is 0. The number of nitrogens with zero attached hydrogens (tertiary/aromatic N) is 3. The molecule has 0 bridgehead atoms. The van der Waals surface area contributed by atoms with Crippen LogP contribution in [0.15, 0.2) is 23.1 Å². The molecule has 20 heavy (non-hydrogen) atoms. The molecule has 0 spiro atoms. The number of anilines is 2. The first-order chi connectivity index (χ1) is 9.29. The topological polar surface area (TPSA) is 141 Å². The Hall–Kier alpha value is -2.27. The van der Waals surface area contributed by atoms with Crippen LogP contribution >= 0.6 is 11.3 Å². The van der Waals surface area contributed by atoms with Gasteiger partial charge in [0, 0.05) is 12.1 Å². The van der Waals surface area contributed by atoms with Gasteiger partial charge in [-0.15, -0.1) is 10.2 Å². The molecule has 3 N–H and O–H groups in total. The van der Waals surface area contributed by atoms with Crippen LogP contribution in [0.2, 0.25) is 0 Å². The minimum atomic E-state index is -3.96. The van der Waals surface area contributed by atoms with Crippen LogP contribution in [0.5, 0.6) is 0 Å². The Bertz CT molecular complexity index is 770. The van der Waals surface area contributed by atoms with Crippen molar-refractivity contribution in [1.82, 2.24) is 10.2 Å². The maximum atomic E-state index is 12.1. The number of nitro groups is 1. The molecule has 2 aromatic rings. The van der Waals surface area contributed by atoms with Gasteiger partial charge in [0.2, 0.25) is 5.13 Å². The largest absolute Gasteiger partial charge is 0.397 e. The van der Waals surface area contributed by atoms with Gasteiger partial charge in [0.25, 0.3) is 15.7 Å². The third-order valence-electron chi connectivity index (χ3n) is 2.24. The lowest BCUT2D eigenvalue weighted by atomic mass is 10.3. The van der Waals surface area contributed by atoms with Crippen molar-refractivity contribution in [2.24, 2.45) is 0 Å². The number of rotatable bonds is 4. The van der Waals surface area contributed by atoms with Gasteiger partial charge in [-0.25, -0.2) is 8.42 Å². The average Bonchev–Trinajstić information content (AvgIpc) is 2.73. The first kappa shape index (κ1) is 14.1. The lowest BCUT2D eigenvalue weighted by molar-refractivity contribution is -0.384. The summed E-state index contributed by atoms with van der Waals surface area (Å²) in [5, 5.41) is 18.6. The van der Waals surface area contributed by atoms with E-state index >= 15 is 0 Å². The van der Waals surface area contributed by atoms with Crippen molar-refractivity contribution in [3.05, 3.63) is 33.3 Å². The predicted molar refractivity (Wildman–Crippen MR) is 73.0 cm³/mol. The number of nitrogens with two attached hydrogens (primary N) is 1. The summed E-state index contributed by atoms with van der Waals surface area (Å²) >= 11 is 1.06. The molecule has 0 saturated carbocycles. The fourth-order valence-corrected chi connectivity index (χ4v) is 3.34. The molecule has 1 aromatic carbocycles. The van der Waals surface area contributed by atoms with Gasteiger partial charge in [-0.05, 0) is 13.0 Å². The Kier molecular flexibility index (Phi) is 3.55. The van der Waals surface area contributed by atoms with Gasteiger partial charge in [-0.2, -0.15) is 0 Å². The minimum Gasteiger partial charge on any atom is -0.397 e. The standard InChI is InChI=1S/C9H9N5O4S2/c1-5-11-12-9(19-5)13-20(17,18)8-3-2-6(14(15)16)4-7(8)10/h2-4H,10H2,1H3,(H,12,13). The average molecular weight is 315 g/mol. The van der Waals surface area contributed by atoms with Crippen molar-refractivity contribution in [2.75, 3.05) is 10.5 Å². The number of aryl methyl sites for hydroxylation is 1. The van der Waals surface area contributed by atoms with Gasteiger partial charge in [0.15, 0.2) is 0 Å². The molecule has 0 atom stereocenters. The van der Waals surface area contributed by atoms with Crippen molar-refractivity contribution in [2.45, 2.75) is 11.8 Å². The lowest BCUT2D eigenvalue weighted by Gasteiger charge is -2.07. The zero-order chi connectivity index (χ0) is 14.9. The smallest absolute Gasteiger partial charge is 0.271 e. The van der Waals surface area contributed by atoms with E-state index in [4.69, 9.17) is 5.73 Å². The van der Waals surface area contributed by atoms with E-state index in [-0.39, 0.29) is 21.4 Å². The molecule has 0 aliphatic rings. The number of sulfonamides is 1. The fraction of sp³-hybridized carbons (Fsp3) is 0.111. The Morgan fingerprint density at radius 1 is 1.40 bits per heavy atom. The van der Waals surface area contributed by atoms with Crippen LogP contribution in [0, 0.1) is 17.0 Å². The zero-order valence-corrected chi connectivity index (χ0v) is 11.7. The highest BCUT2D eigenvalue weighted by atomic mass is 32.2. The summed E-state index contributed by atoms with van der Waals surface area (Å²) < 4.78 is 26.4. The SMILES string of the molecule is Cc1nnc(NS(=O)(=O)c2ccc([N+](=O)[O-])cc2N)s1. The minimum absolute atomic E-state index is 0.0975. The summed E-state index contributed by atoms with van der Waals surface area (Å²) in [4.78, 5) is 9.66. The van der Waals surface area contributed by atoms with E-state index in [1.165, 1.54) is 0 Å². The zero-order valence-electron chi connectivity index (χ0n) is 10.1. The number of nitro benzene ring substituents is 1. The molecule has 0 amide bonds. The van der Waals surface area contributed by atoms with Crippen LogP contribution in [0.4, 0.5) is 16.5 Å². The van der Waals surface area contributed by atoms with E-state index in [0.717, 1.165) is 29.5 Å². The monoisotopic (exact) mass is 315 g/mol. The van der Waals surface area contributed by atoms with E-state index in [9.17, 15) is 18.5 Å². The molecule has 0 radical (unpaired) electrons. The second-order valence-corrected chi connectivity index (χ2v) is 6.54. The number of hydrogen-bond acceptors (Lipinski definition) is 8. The Labute approximate surface area is 117 Å². The normalized spacial score (nSPS) is 11.2. The summed E-state index contributed by atoms with van der Waals surface area (Å²) in [7, 11) is -3.96. The Morgan fingerprint density at radius 2 is 2.10 bits per heavy atom. The van der Waals surface area contributed by atoms with Crippen molar-refractivity contribution >= 4 is 37.9 Å². The molecular formula is C9H9N5O4S2. The highest BCUT2D eigenvalue weighted by Gasteiger charge is 2.21. The molecule has 0 aliphatic carbocycles. The molecule has 9 nitrogen and oxygen atoms in total. The van der Waals surface area contributed by atoms with Gasteiger partial charge in [0.1, 0.15) is 9.90 Å². The second kappa shape index (κ2) is 5.02. The first-order valence-electron chi connectivity index (χ1n) is 5.16. The molecule has 0 unspecified atom stereocenters. The molecule has 106 valence electrons. The number of aromatic nitrogens is 2. The summed E-state index contributed by atoms with van der Waals surface area (Å²) in [6, 6.07) is 3.12. The van der Waals surface area contributed by atoms with Crippen LogP contribution in [0.3, 0.4) is 0 Å². The van der Waals surface area contributed by atoms with E-state index in [2.05, 4.69) is 14.9 Å². The predicted octanol–water partition coefficient (Wildman–Crippen LogP) is 1.14. The van der Waals surface area contributed by atoms with Crippen LogP contribution in [0.1, 0.15) is 5.01 Å². The van der Waals surface area contributed by atoms with E-state index < -0.39 is 14.9 Å². The van der Waals surface area contributed by atoms with Crippen molar-refractivity contribution in [3.8, 4) is 0 Å². The maximum absolute atomic E-state index is 12.1. The van der Waals surface area contributed by atoms with Crippen LogP contribution in [-0.2, 0) is 10.0 Å². The summed E-state index contributed by atoms with van der Waals surface area (Å²) in [5.41, 5.74) is 5.05.